The molecule has 0 amide bonds. The summed E-state index contributed by atoms with van der Waals surface area (Å²) in [6, 6.07) is 8.49. The van der Waals surface area contributed by atoms with Crippen LogP contribution in [0.3, 0.4) is 0 Å². The van der Waals surface area contributed by atoms with E-state index in [0.717, 1.165) is 23.1 Å². The Morgan fingerprint density at radius 3 is 3.14 bits per heavy atom. The summed E-state index contributed by atoms with van der Waals surface area (Å²) in [6.07, 6.45) is 2.52. The summed E-state index contributed by atoms with van der Waals surface area (Å²) in [4.78, 5) is 6.70. The molecule has 2 aromatic rings. The van der Waals surface area contributed by atoms with Crippen LogP contribution in [0.1, 0.15) is 18.7 Å². The third-order valence-corrected chi connectivity index (χ3v) is 4.14. The van der Waals surface area contributed by atoms with Crippen molar-refractivity contribution in [3.8, 4) is 11.4 Å². The van der Waals surface area contributed by atoms with Crippen LogP contribution in [-0.2, 0) is 6.54 Å². The molecule has 2 heterocycles. The van der Waals surface area contributed by atoms with Gasteiger partial charge in [-0.15, -0.1) is 0 Å². The van der Waals surface area contributed by atoms with E-state index in [0.29, 0.717) is 24.3 Å². The van der Waals surface area contributed by atoms with Gasteiger partial charge in [-0.1, -0.05) is 33.2 Å². The van der Waals surface area contributed by atoms with E-state index in [-0.39, 0.29) is 0 Å². The fourth-order valence-corrected chi connectivity index (χ4v) is 3.05. The average molecular weight is 351 g/mol. The lowest BCUT2D eigenvalue weighted by atomic mass is 10.2. The van der Waals surface area contributed by atoms with Gasteiger partial charge in [0.25, 0.3) is 0 Å². The second-order valence-electron chi connectivity index (χ2n) is 5.51. The lowest BCUT2D eigenvalue weighted by Crippen LogP contribution is -2.35. The van der Waals surface area contributed by atoms with Gasteiger partial charge in [0.2, 0.25) is 11.7 Å². The molecule has 1 atom stereocenters. The van der Waals surface area contributed by atoms with Crippen LogP contribution in [0.25, 0.3) is 11.4 Å². The smallest absolute Gasteiger partial charge is 0.241 e. The van der Waals surface area contributed by atoms with E-state index in [9.17, 15) is 0 Å². The summed E-state index contributed by atoms with van der Waals surface area (Å²) < 4.78 is 6.37. The first-order valence-corrected chi connectivity index (χ1v) is 8.00. The van der Waals surface area contributed by atoms with Gasteiger partial charge < -0.3 is 9.84 Å². The molecular formula is C15H19BrN4O. The van der Waals surface area contributed by atoms with Crippen LogP contribution in [0, 0.1) is 0 Å². The van der Waals surface area contributed by atoms with Gasteiger partial charge in [-0.25, -0.2) is 0 Å². The molecule has 112 valence electrons. The van der Waals surface area contributed by atoms with Crippen molar-refractivity contribution >= 4 is 15.9 Å². The molecule has 1 N–H and O–H groups in total. The predicted octanol–water partition coefficient (Wildman–Crippen LogP) is 2.68. The summed E-state index contributed by atoms with van der Waals surface area (Å²) in [5, 5.41) is 7.56. The third kappa shape index (κ3) is 3.90. The van der Waals surface area contributed by atoms with Crippen LogP contribution in [-0.4, -0.2) is 41.2 Å². The highest BCUT2D eigenvalue weighted by atomic mass is 79.9. The number of nitrogens with one attached hydrogen (secondary N) is 1. The molecule has 1 aromatic carbocycles. The van der Waals surface area contributed by atoms with Gasteiger partial charge in [-0.3, -0.25) is 4.90 Å². The Bertz CT molecular complexity index is 595. The van der Waals surface area contributed by atoms with Crippen LogP contribution < -0.4 is 5.32 Å². The van der Waals surface area contributed by atoms with E-state index >= 15 is 0 Å². The Hall–Kier alpha value is -1.24. The molecule has 1 aliphatic heterocycles. The molecule has 1 saturated heterocycles. The fraction of sp³-hybridized carbons (Fsp3) is 0.467. The molecule has 1 aromatic heterocycles. The first-order chi connectivity index (χ1) is 10.2. The minimum atomic E-state index is 0.586. The van der Waals surface area contributed by atoms with Crippen LogP contribution in [0.2, 0.25) is 0 Å². The summed E-state index contributed by atoms with van der Waals surface area (Å²) in [5.74, 6) is 1.30. The van der Waals surface area contributed by atoms with Gasteiger partial charge in [0.1, 0.15) is 0 Å². The standard InChI is InChI=1S/C15H19BrN4O/c1-20(9-13-6-3-7-17-13)10-14-18-15(19-21-14)11-4-2-5-12(16)8-11/h2,4-5,8,13,17H,3,6-7,9-10H2,1H3. The van der Waals surface area contributed by atoms with Gasteiger partial charge >= 0.3 is 0 Å². The zero-order valence-electron chi connectivity index (χ0n) is 12.1. The summed E-state index contributed by atoms with van der Waals surface area (Å²) in [5.41, 5.74) is 0.958. The molecule has 1 aliphatic rings. The van der Waals surface area contributed by atoms with Gasteiger partial charge in [0.05, 0.1) is 6.54 Å². The van der Waals surface area contributed by atoms with Gasteiger partial charge in [0.15, 0.2) is 0 Å². The summed E-state index contributed by atoms with van der Waals surface area (Å²) in [7, 11) is 2.09. The monoisotopic (exact) mass is 350 g/mol. The second-order valence-corrected chi connectivity index (χ2v) is 6.43. The van der Waals surface area contributed by atoms with Crippen molar-refractivity contribution in [2.75, 3.05) is 20.1 Å². The number of aromatic nitrogens is 2. The SMILES string of the molecule is CN(Cc1nc(-c2cccc(Br)c2)no1)CC1CCCN1. The van der Waals surface area contributed by atoms with E-state index in [1.54, 1.807) is 0 Å². The van der Waals surface area contributed by atoms with Crippen molar-refractivity contribution in [2.24, 2.45) is 0 Å². The topological polar surface area (TPSA) is 54.2 Å². The molecule has 0 bridgehead atoms. The number of nitrogens with zero attached hydrogens (tertiary/aromatic N) is 3. The highest BCUT2D eigenvalue weighted by Gasteiger charge is 2.17. The Morgan fingerprint density at radius 2 is 2.38 bits per heavy atom. The first kappa shape index (κ1) is 14.7. The maximum Gasteiger partial charge on any atom is 0.241 e. The number of benzene rings is 1. The van der Waals surface area contributed by atoms with E-state index in [1.165, 1.54) is 12.8 Å². The number of rotatable bonds is 5. The summed E-state index contributed by atoms with van der Waals surface area (Å²) in [6.45, 7) is 2.82. The van der Waals surface area contributed by atoms with Crippen molar-refractivity contribution in [2.45, 2.75) is 25.4 Å². The zero-order chi connectivity index (χ0) is 14.7. The Kier molecular flexibility index (Phi) is 4.67. The van der Waals surface area contributed by atoms with Crippen molar-refractivity contribution in [1.82, 2.24) is 20.4 Å². The van der Waals surface area contributed by atoms with Crippen LogP contribution in [0.4, 0.5) is 0 Å². The van der Waals surface area contributed by atoms with Crippen LogP contribution in [0.15, 0.2) is 33.3 Å². The Balaban J connectivity index is 1.62. The Labute approximate surface area is 132 Å². The highest BCUT2D eigenvalue weighted by molar-refractivity contribution is 9.10. The predicted molar refractivity (Wildman–Crippen MR) is 84.8 cm³/mol. The maximum atomic E-state index is 5.36. The van der Waals surface area contributed by atoms with E-state index < -0.39 is 0 Å². The van der Waals surface area contributed by atoms with Gasteiger partial charge in [-0.05, 0) is 38.6 Å². The molecule has 1 unspecified atom stereocenters. The lowest BCUT2D eigenvalue weighted by molar-refractivity contribution is 0.248. The van der Waals surface area contributed by atoms with Crippen molar-refractivity contribution in [1.29, 1.82) is 0 Å². The Morgan fingerprint density at radius 1 is 1.48 bits per heavy atom. The highest BCUT2D eigenvalue weighted by Crippen LogP contribution is 2.20. The molecule has 6 heteroatoms. The maximum absolute atomic E-state index is 5.36. The number of hydrogen-bond acceptors (Lipinski definition) is 5. The van der Waals surface area contributed by atoms with Crippen molar-refractivity contribution in [3.63, 3.8) is 0 Å². The van der Waals surface area contributed by atoms with Gasteiger partial charge in [0, 0.05) is 22.6 Å². The molecule has 0 spiro atoms. The van der Waals surface area contributed by atoms with Crippen molar-refractivity contribution < 1.29 is 4.52 Å². The second kappa shape index (κ2) is 6.68. The molecule has 0 radical (unpaired) electrons. The van der Waals surface area contributed by atoms with Gasteiger partial charge in [-0.2, -0.15) is 4.98 Å². The van der Waals surface area contributed by atoms with E-state index in [1.807, 2.05) is 24.3 Å². The minimum absolute atomic E-state index is 0.586. The summed E-state index contributed by atoms with van der Waals surface area (Å²) >= 11 is 3.45. The molecule has 0 saturated carbocycles. The fourth-order valence-electron chi connectivity index (χ4n) is 2.65. The molecule has 1 fully saturated rings. The molecule has 0 aliphatic carbocycles. The lowest BCUT2D eigenvalue weighted by Gasteiger charge is -2.18. The number of hydrogen-bond donors (Lipinski definition) is 1. The molecular weight excluding hydrogens is 332 g/mol. The van der Waals surface area contributed by atoms with E-state index in [4.69, 9.17) is 4.52 Å². The first-order valence-electron chi connectivity index (χ1n) is 7.21. The van der Waals surface area contributed by atoms with E-state index in [2.05, 4.69) is 43.3 Å². The largest absolute Gasteiger partial charge is 0.338 e. The molecule has 21 heavy (non-hydrogen) atoms. The quantitative estimate of drug-likeness (QED) is 0.898. The van der Waals surface area contributed by atoms with Crippen molar-refractivity contribution in [3.05, 3.63) is 34.6 Å². The third-order valence-electron chi connectivity index (χ3n) is 3.65. The molecule has 3 rings (SSSR count). The number of halogens is 1. The normalized spacial score (nSPS) is 18.5. The minimum Gasteiger partial charge on any atom is -0.338 e. The number of likely N-dealkylation sites (N-methyl/N-ethyl adjacent to an activating group) is 1. The molecule has 5 nitrogen and oxygen atoms in total. The average Bonchev–Trinajstić information content (AvgIpc) is 3.10. The van der Waals surface area contributed by atoms with Crippen LogP contribution >= 0.6 is 15.9 Å². The zero-order valence-corrected chi connectivity index (χ0v) is 13.6. The van der Waals surface area contributed by atoms with Crippen LogP contribution in [0.5, 0.6) is 0 Å².